The molecular weight excluding hydrogens is 424 g/mol. The summed E-state index contributed by atoms with van der Waals surface area (Å²) in [4.78, 5) is 31.9. The van der Waals surface area contributed by atoms with Crippen LogP contribution in [0.1, 0.15) is 39.7 Å². The van der Waals surface area contributed by atoms with E-state index in [1.165, 1.54) is 0 Å². The van der Waals surface area contributed by atoms with Crippen LogP contribution < -0.4 is 25.2 Å². The number of hydrogen-bond donors (Lipinski definition) is 1. The van der Waals surface area contributed by atoms with Crippen molar-refractivity contribution >= 4 is 16.9 Å². The molecule has 3 aromatic rings. The number of aromatic nitrogens is 3. The Hall–Kier alpha value is -3.46. The molecule has 2 unspecified atom stereocenters. The van der Waals surface area contributed by atoms with Crippen LogP contribution >= 0.6 is 0 Å². The minimum atomic E-state index is -0.720. The molecule has 0 amide bonds. The summed E-state index contributed by atoms with van der Waals surface area (Å²) in [6, 6.07) is 11.6. The normalized spacial score (nSPS) is 13.4. The van der Waals surface area contributed by atoms with Crippen molar-refractivity contribution in [1.29, 1.82) is 0 Å². The first-order valence-corrected chi connectivity index (χ1v) is 10.8. The van der Waals surface area contributed by atoms with E-state index in [4.69, 9.17) is 14.3 Å². The van der Waals surface area contributed by atoms with Gasteiger partial charge >= 0.3 is 11.5 Å². The third kappa shape index (κ3) is 5.31. The Bertz CT molecular complexity index is 1170. The van der Waals surface area contributed by atoms with Gasteiger partial charge in [-0.2, -0.15) is 0 Å². The van der Waals surface area contributed by atoms with Crippen LogP contribution in [0.4, 0.5) is 0 Å². The molecule has 2 atom stereocenters. The van der Waals surface area contributed by atoms with Gasteiger partial charge in [0, 0.05) is 11.6 Å². The highest BCUT2D eigenvalue weighted by Gasteiger charge is 2.34. The molecule has 0 bridgehead atoms. The lowest BCUT2D eigenvalue weighted by Gasteiger charge is -2.34. The van der Waals surface area contributed by atoms with Crippen molar-refractivity contribution in [3.8, 4) is 11.5 Å². The van der Waals surface area contributed by atoms with Crippen LogP contribution in [0.3, 0.4) is 0 Å². The second-order valence-corrected chi connectivity index (χ2v) is 8.43. The van der Waals surface area contributed by atoms with E-state index in [2.05, 4.69) is 15.6 Å². The van der Waals surface area contributed by atoms with Gasteiger partial charge in [0.2, 0.25) is 0 Å². The maximum absolute atomic E-state index is 13.2. The number of benzene rings is 2. The molecule has 3 rings (SSSR count). The predicted octanol–water partition coefficient (Wildman–Crippen LogP) is 2.70. The molecule has 0 fully saturated rings. The van der Waals surface area contributed by atoms with Crippen molar-refractivity contribution in [3.05, 3.63) is 58.4 Å². The number of nitrogens with zero attached hydrogens (tertiary/aromatic N) is 3. The van der Waals surface area contributed by atoms with E-state index in [0.717, 1.165) is 5.56 Å². The molecule has 2 aromatic carbocycles. The van der Waals surface area contributed by atoms with Gasteiger partial charge in [-0.1, -0.05) is 32.4 Å². The molecule has 176 valence electrons. The van der Waals surface area contributed by atoms with Crippen LogP contribution in [0.2, 0.25) is 0 Å². The summed E-state index contributed by atoms with van der Waals surface area (Å²) < 4.78 is 10.8. The fourth-order valence-corrected chi connectivity index (χ4v) is 3.49. The highest BCUT2D eigenvalue weighted by Crippen LogP contribution is 2.30. The van der Waals surface area contributed by atoms with Crippen LogP contribution in [0.25, 0.3) is 10.9 Å². The van der Waals surface area contributed by atoms with Crippen LogP contribution in [0.15, 0.2) is 47.3 Å². The molecule has 1 N–H and O–H groups in total. The van der Waals surface area contributed by atoms with Gasteiger partial charge in [-0.3, -0.25) is 10.1 Å². The number of methoxy groups -OCH3 is 2. The summed E-state index contributed by atoms with van der Waals surface area (Å²) in [6.07, 6.45) is 0.711. The van der Waals surface area contributed by atoms with E-state index < -0.39 is 23.1 Å². The Morgan fingerprint density at radius 2 is 1.76 bits per heavy atom. The minimum Gasteiger partial charge on any atom is -0.497 e. The van der Waals surface area contributed by atoms with Crippen molar-refractivity contribution in [2.75, 3.05) is 14.2 Å². The first-order valence-electron chi connectivity index (χ1n) is 10.8. The molecule has 1 heterocycles. The molecule has 0 aliphatic heterocycles. The number of nitrogens with one attached hydrogen (secondary N) is 1. The van der Waals surface area contributed by atoms with Crippen LogP contribution in [-0.2, 0) is 10.3 Å². The molecule has 9 heteroatoms. The second-order valence-electron chi connectivity index (χ2n) is 8.43. The van der Waals surface area contributed by atoms with Crippen molar-refractivity contribution < 1.29 is 19.1 Å². The van der Waals surface area contributed by atoms with E-state index in [1.807, 2.05) is 39.8 Å². The lowest BCUT2D eigenvalue weighted by Crippen LogP contribution is -2.54. The van der Waals surface area contributed by atoms with Crippen LogP contribution in [-0.4, -0.2) is 41.4 Å². The molecule has 33 heavy (non-hydrogen) atoms. The van der Waals surface area contributed by atoms with Crippen molar-refractivity contribution in [1.82, 2.24) is 20.5 Å². The monoisotopic (exact) mass is 454 g/mol. The first-order chi connectivity index (χ1) is 15.7. The Morgan fingerprint density at radius 3 is 2.36 bits per heavy atom. The van der Waals surface area contributed by atoms with E-state index in [9.17, 15) is 9.59 Å². The van der Waals surface area contributed by atoms with Crippen molar-refractivity contribution in [2.45, 2.75) is 45.7 Å². The Labute approximate surface area is 192 Å². The lowest BCUT2D eigenvalue weighted by atomic mass is 9.89. The van der Waals surface area contributed by atoms with Crippen molar-refractivity contribution in [2.24, 2.45) is 5.92 Å². The SMILES string of the molecule is CCC(C)C(NC(C)(C)c1cc(OC)cc(OC)c1)C(=O)On1nnc2ccccc2c1=O. The maximum Gasteiger partial charge on any atom is 0.352 e. The van der Waals surface area contributed by atoms with Crippen LogP contribution in [0.5, 0.6) is 11.5 Å². The fraction of sp³-hybridized carbons (Fsp3) is 0.417. The quantitative estimate of drug-likeness (QED) is 0.492. The van der Waals surface area contributed by atoms with Gasteiger partial charge in [-0.15, -0.1) is 5.10 Å². The Kier molecular flexibility index (Phi) is 7.33. The van der Waals surface area contributed by atoms with Gasteiger partial charge in [0.15, 0.2) is 0 Å². The molecule has 1 aromatic heterocycles. The number of carbonyl (C=O) groups is 1. The summed E-state index contributed by atoms with van der Waals surface area (Å²) >= 11 is 0. The smallest absolute Gasteiger partial charge is 0.352 e. The zero-order chi connectivity index (χ0) is 24.2. The number of hydrogen-bond acceptors (Lipinski definition) is 8. The molecule has 0 saturated heterocycles. The van der Waals surface area contributed by atoms with Gasteiger partial charge < -0.3 is 14.3 Å². The summed E-state index contributed by atoms with van der Waals surface area (Å²) in [5.41, 5.74) is 0.0882. The topological polar surface area (TPSA) is 105 Å². The molecule has 0 spiro atoms. The third-order valence-corrected chi connectivity index (χ3v) is 5.77. The maximum atomic E-state index is 13.2. The largest absolute Gasteiger partial charge is 0.497 e. The van der Waals surface area contributed by atoms with Crippen LogP contribution in [0, 0.1) is 5.92 Å². The van der Waals surface area contributed by atoms with Gasteiger partial charge in [-0.05, 0) is 59.7 Å². The third-order valence-electron chi connectivity index (χ3n) is 5.77. The van der Waals surface area contributed by atoms with Gasteiger partial charge in [-0.25, -0.2) is 4.79 Å². The molecular formula is C24H30N4O5. The molecule has 0 aliphatic rings. The standard InChI is InChI=1S/C24H30N4O5/c1-7-15(2)21(25-24(3,4)16-12-17(31-5)14-18(13-16)32-6)23(30)33-28-22(29)19-10-8-9-11-20(19)26-27-28/h8-15,21,25H,7H2,1-6H3. The number of fused-ring (bicyclic) bond motifs is 1. The number of ether oxygens (including phenoxy) is 2. The van der Waals surface area contributed by atoms with Crippen molar-refractivity contribution in [3.63, 3.8) is 0 Å². The lowest BCUT2D eigenvalue weighted by molar-refractivity contribution is -0.151. The summed E-state index contributed by atoms with van der Waals surface area (Å²) in [7, 11) is 3.17. The molecule has 0 radical (unpaired) electrons. The Morgan fingerprint density at radius 1 is 1.12 bits per heavy atom. The highest BCUT2D eigenvalue weighted by molar-refractivity contribution is 5.78. The molecule has 0 aliphatic carbocycles. The zero-order valence-corrected chi connectivity index (χ0v) is 19.8. The van der Waals surface area contributed by atoms with E-state index in [0.29, 0.717) is 33.7 Å². The molecule has 0 saturated carbocycles. The first kappa shape index (κ1) is 24.2. The average molecular weight is 455 g/mol. The average Bonchev–Trinajstić information content (AvgIpc) is 2.83. The number of rotatable bonds is 9. The van der Waals surface area contributed by atoms with Gasteiger partial charge in [0.1, 0.15) is 23.1 Å². The number of carbonyl (C=O) groups excluding carboxylic acids is 1. The Balaban J connectivity index is 1.90. The van der Waals surface area contributed by atoms with E-state index in [-0.39, 0.29) is 5.92 Å². The van der Waals surface area contributed by atoms with Gasteiger partial charge in [0.25, 0.3) is 0 Å². The zero-order valence-electron chi connectivity index (χ0n) is 19.8. The van der Waals surface area contributed by atoms with Gasteiger partial charge in [0.05, 0.1) is 19.6 Å². The fourth-order valence-electron chi connectivity index (χ4n) is 3.49. The van der Waals surface area contributed by atoms with E-state index >= 15 is 0 Å². The molecule has 9 nitrogen and oxygen atoms in total. The highest BCUT2D eigenvalue weighted by atomic mass is 16.7. The summed E-state index contributed by atoms with van der Waals surface area (Å²) in [5.74, 6) is 0.562. The predicted molar refractivity (Wildman–Crippen MR) is 124 cm³/mol. The minimum absolute atomic E-state index is 0.0894. The van der Waals surface area contributed by atoms with E-state index in [1.54, 1.807) is 44.6 Å². The summed E-state index contributed by atoms with van der Waals surface area (Å²) in [5, 5.41) is 11.4. The summed E-state index contributed by atoms with van der Waals surface area (Å²) in [6.45, 7) is 7.82. The second kappa shape index (κ2) is 9.99.